The third kappa shape index (κ3) is 6.02. The first-order valence-corrected chi connectivity index (χ1v) is 11.0. The van der Waals surface area contributed by atoms with Crippen LogP contribution in [0, 0.1) is 5.92 Å². The fraction of sp³-hybridized carbons (Fsp3) is 0.292. The van der Waals surface area contributed by atoms with E-state index in [1.54, 1.807) is 24.3 Å². The summed E-state index contributed by atoms with van der Waals surface area (Å²) in [7, 11) is 0. The predicted octanol–water partition coefficient (Wildman–Crippen LogP) is 3.38. The summed E-state index contributed by atoms with van der Waals surface area (Å²) in [6.45, 7) is 7.30. The van der Waals surface area contributed by atoms with Gasteiger partial charge in [0.15, 0.2) is 5.12 Å². The number of carbonyl (C=O) groups excluding carboxylic acids is 4. The highest BCUT2D eigenvalue weighted by molar-refractivity contribution is 7.96. The van der Waals surface area contributed by atoms with E-state index in [1.807, 2.05) is 0 Å². The van der Waals surface area contributed by atoms with Gasteiger partial charge < -0.3 is 14.8 Å². The molecule has 0 radical (unpaired) electrons. The summed E-state index contributed by atoms with van der Waals surface area (Å²) in [5.41, 5.74) is 1.08. The lowest BCUT2D eigenvalue weighted by Crippen LogP contribution is -2.43. The van der Waals surface area contributed by atoms with Crippen molar-refractivity contribution >= 4 is 52.3 Å². The van der Waals surface area contributed by atoms with Crippen LogP contribution in [0.3, 0.4) is 0 Å². The Balaban J connectivity index is 1.81. The lowest BCUT2D eigenvalue weighted by molar-refractivity contribution is -0.120. The summed E-state index contributed by atoms with van der Waals surface area (Å²) < 4.78 is 10.1. The van der Waals surface area contributed by atoms with E-state index in [2.05, 4.69) is 36.1 Å². The normalized spacial score (nSPS) is 17.1. The maximum absolute atomic E-state index is 13.2. The topological polar surface area (TPSA) is 115 Å². The molecule has 1 fully saturated rings. The highest BCUT2D eigenvalue weighted by Gasteiger charge is 2.41. The minimum atomic E-state index is -0.827. The summed E-state index contributed by atoms with van der Waals surface area (Å²) >= 11 is 3.82. The number of carbonyl (C=O) groups is 4. The number of rotatable bonds is 9. The Hall–Kier alpha value is -3.66. The number of pyridine rings is 1. The molecule has 2 unspecified atom stereocenters. The minimum Gasteiger partial charge on any atom is -0.457 e. The summed E-state index contributed by atoms with van der Waals surface area (Å²) in [6, 6.07) is 7.44. The van der Waals surface area contributed by atoms with Crippen LogP contribution >= 0.6 is 12.6 Å². The Morgan fingerprint density at radius 3 is 2.56 bits per heavy atom. The largest absolute Gasteiger partial charge is 0.457 e. The Kier molecular flexibility index (Phi) is 8.42. The molecule has 1 N–H and O–H groups in total. The molecule has 1 aliphatic rings. The van der Waals surface area contributed by atoms with Crippen molar-refractivity contribution in [3.8, 4) is 0 Å². The van der Waals surface area contributed by atoms with E-state index in [-0.39, 0.29) is 42.9 Å². The molecule has 3 rings (SSSR count). The number of hydrogen-bond acceptors (Lipinski definition) is 7. The lowest BCUT2D eigenvalue weighted by atomic mass is 10.0. The first kappa shape index (κ1) is 25.0. The molecule has 2 atom stereocenters. The van der Waals surface area contributed by atoms with Crippen LogP contribution in [0.15, 0.2) is 55.6 Å². The molecule has 0 aliphatic carbocycles. The lowest BCUT2D eigenvalue weighted by Gasteiger charge is -2.23. The summed E-state index contributed by atoms with van der Waals surface area (Å²) in [5, 5.41) is 3.14. The third-order valence-electron chi connectivity index (χ3n) is 5.24. The molecule has 2 amide bonds. The second-order valence-electron chi connectivity index (χ2n) is 7.68. The summed E-state index contributed by atoms with van der Waals surface area (Å²) in [4.78, 5) is 54.9. The van der Waals surface area contributed by atoms with Crippen LogP contribution in [0.1, 0.15) is 23.3 Å². The average molecular weight is 484 g/mol. The monoisotopic (exact) mass is 483 g/mol. The van der Waals surface area contributed by atoms with Gasteiger partial charge in [-0.05, 0) is 36.6 Å². The van der Waals surface area contributed by atoms with Gasteiger partial charge in [0.1, 0.15) is 24.9 Å². The van der Waals surface area contributed by atoms with Crippen molar-refractivity contribution in [2.45, 2.75) is 18.9 Å². The number of nitrogens with zero attached hydrogens (tertiary/aromatic N) is 2. The molecule has 0 saturated carbocycles. The highest BCUT2D eigenvalue weighted by atomic mass is 32.1. The van der Waals surface area contributed by atoms with Gasteiger partial charge in [0.25, 0.3) is 0 Å². The van der Waals surface area contributed by atoms with Crippen LogP contribution in [0.2, 0.25) is 0 Å². The Morgan fingerprint density at radius 1 is 1.12 bits per heavy atom. The molecule has 34 heavy (non-hydrogen) atoms. The van der Waals surface area contributed by atoms with Gasteiger partial charge in [0.2, 0.25) is 5.91 Å². The molecule has 9 nitrogen and oxygen atoms in total. The SMILES string of the molecule is C=CCOC(=O)c1ccc2c(NC(=O)C3CC(CC(=O)S)CN3C(=O)OCC=C)cccc2n1. The van der Waals surface area contributed by atoms with E-state index in [0.29, 0.717) is 23.0 Å². The number of hydrogen-bond donors (Lipinski definition) is 2. The number of amides is 2. The van der Waals surface area contributed by atoms with E-state index in [0.717, 1.165) is 0 Å². The molecular weight excluding hydrogens is 458 g/mol. The van der Waals surface area contributed by atoms with Crippen molar-refractivity contribution in [1.82, 2.24) is 9.88 Å². The van der Waals surface area contributed by atoms with Crippen LogP contribution in [-0.4, -0.2) is 58.8 Å². The van der Waals surface area contributed by atoms with Crippen molar-refractivity contribution in [2.75, 3.05) is 25.1 Å². The first-order valence-electron chi connectivity index (χ1n) is 10.6. The fourth-order valence-corrected chi connectivity index (χ4v) is 4.04. The van der Waals surface area contributed by atoms with Gasteiger partial charge >= 0.3 is 12.1 Å². The molecule has 1 aliphatic heterocycles. The Morgan fingerprint density at radius 2 is 1.85 bits per heavy atom. The zero-order valence-corrected chi connectivity index (χ0v) is 19.3. The van der Waals surface area contributed by atoms with Gasteiger partial charge in [-0.15, -0.1) is 12.6 Å². The van der Waals surface area contributed by atoms with E-state index >= 15 is 0 Å². The van der Waals surface area contributed by atoms with Gasteiger partial charge in [0.05, 0.1) is 11.2 Å². The Bertz CT molecular complexity index is 1130. The second kappa shape index (κ2) is 11.5. The summed E-state index contributed by atoms with van der Waals surface area (Å²) in [6.07, 6.45) is 2.67. The molecule has 1 aromatic heterocycles. The fourth-order valence-electron chi connectivity index (χ4n) is 3.78. The molecular formula is C24H25N3O6S. The van der Waals surface area contributed by atoms with E-state index in [4.69, 9.17) is 9.47 Å². The van der Waals surface area contributed by atoms with Crippen LogP contribution in [0.5, 0.6) is 0 Å². The number of likely N-dealkylation sites (tertiary alicyclic amines) is 1. The number of ether oxygens (including phenoxy) is 2. The van der Waals surface area contributed by atoms with Crippen LogP contribution in [0.25, 0.3) is 10.9 Å². The molecule has 1 saturated heterocycles. The van der Waals surface area contributed by atoms with Crippen LogP contribution in [0.4, 0.5) is 10.5 Å². The van der Waals surface area contributed by atoms with Crippen molar-refractivity contribution < 1.29 is 28.7 Å². The smallest absolute Gasteiger partial charge is 0.410 e. The molecule has 0 bridgehead atoms. The zero-order valence-electron chi connectivity index (χ0n) is 18.4. The minimum absolute atomic E-state index is 0.00635. The highest BCUT2D eigenvalue weighted by Crippen LogP contribution is 2.29. The number of benzene rings is 1. The van der Waals surface area contributed by atoms with Crippen LogP contribution in [-0.2, 0) is 19.1 Å². The molecule has 2 heterocycles. The molecule has 1 aromatic carbocycles. The van der Waals surface area contributed by atoms with E-state index < -0.39 is 24.0 Å². The quantitative estimate of drug-likeness (QED) is 0.319. The third-order valence-corrected chi connectivity index (χ3v) is 5.43. The number of aromatic nitrogens is 1. The predicted molar refractivity (Wildman–Crippen MR) is 130 cm³/mol. The van der Waals surface area contributed by atoms with Crippen molar-refractivity contribution in [2.24, 2.45) is 5.92 Å². The molecule has 10 heteroatoms. The van der Waals surface area contributed by atoms with Gasteiger partial charge in [-0.25, -0.2) is 14.6 Å². The molecule has 2 aromatic rings. The number of nitrogens with one attached hydrogen (secondary N) is 1. The van der Waals surface area contributed by atoms with Crippen molar-refractivity contribution in [1.29, 1.82) is 0 Å². The van der Waals surface area contributed by atoms with Crippen molar-refractivity contribution in [3.05, 3.63) is 61.3 Å². The standard InChI is InChI=1S/C24H25N3O6S/c1-3-10-32-23(30)19-9-8-16-17(25-19)6-5-7-18(16)26-22(29)20-12-15(13-21(28)34)14-27(20)24(31)33-11-4-2/h3-9,15,20H,1-2,10-14H2,(H,26,29)(H,28,34). The maximum atomic E-state index is 13.2. The van der Waals surface area contributed by atoms with Gasteiger partial charge in [-0.2, -0.15) is 0 Å². The number of fused-ring (bicyclic) bond motifs is 1. The maximum Gasteiger partial charge on any atom is 0.410 e. The van der Waals surface area contributed by atoms with Gasteiger partial charge in [-0.1, -0.05) is 31.4 Å². The van der Waals surface area contributed by atoms with Gasteiger partial charge in [0, 0.05) is 18.4 Å². The zero-order chi connectivity index (χ0) is 24.7. The average Bonchev–Trinajstić information content (AvgIpc) is 3.24. The van der Waals surface area contributed by atoms with Crippen LogP contribution < -0.4 is 5.32 Å². The first-order chi connectivity index (χ1) is 16.3. The molecule has 178 valence electrons. The number of anilines is 1. The Labute approximate surface area is 202 Å². The van der Waals surface area contributed by atoms with Gasteiger partial charge in [-0.3, -0.25) is 14.5 Å². The number of thiol groups is 1. The van der Waals surface area contributed by atoms with E-state index in [1.165, 1.54) is 23.1 Å². The van der Waals surface area contributed by atoms with E-state index in [9.17, 15) is 19.2 Å². The second-order valence-corrected chi connectivity index (χ2v) is 8.18. The summed E-state index contributed by atoms with van der Waals surface area (Å²) in [5.74, 6) is -1.22. The molecule has 0 spiro atoms. The van der Waals surface area contributed by atoms with Crippen molar-refractivity contribution in [3.63, 3.8) is 0 Å². The number of esters is 1.